The van der Waals surface area contributed by atoms with E-state index in [1.807, 2.05) is 0 Å². The van der Waals surface area contributed by atoms with Gasteiger partial charge >= 0.3 is 6.85 Å². The molecular weight excluding hydrogens is 820 g/mol. The second-order valence-corrected chi connectivity index (χ2v) is 21.8. The lowest BCUT2D eigenvalue weighted by Crippen LogP contribution is -2.61. The molecule has 2 nitrogen and oxygen atoms in total. The molecule has 68 heavy (non-hydrogen) atoms. The maximum Gasteiger partial charge on any atom is 0.333 e. The Kier molecular flexibility index (Phi) is 9.48. The van der Waals surface area contributed by atoms with E-state index in [1.54, 1.807) is 0 Å². The normalized spacial score (nSPS) is 14.2. The van der Waals surface area contributed by atoms with Gasteiger partial charge < -0.3 is 9.71 Å². The fraction of sp³-hybridized carbons (Fsp3) is 0.169. The van der Waals surface area contributed by atoms with E-state index in [4.69, 9.17) is 0 Å². The van der Waals surface area contributed by atoms with E-state index >= 15 is 0 Å². The Bertz CT molecular complexity index is 3430. The van der Waals surface area contributed by atoms with Gasteiger partial charge in [-0.15, -0.1) is 0 Å². The van der Waals surface area contributed by atoms with Gasteiger partial charge in [-0.2, -0.15) is 0 Å². The van der Waals surface area contributed by atoms with Crippen molar-refractivity contribution in [3.05, 3.63) is 222 Å². The quantitative estimate of drug-likeness (QED) is 0.159. The third-order valence-electron chi connectivity index (χ3n) is 15.2. The molecule has 1 aliphatic carbocycles. The molecule has 0 spiro atoms. The maximum atomic E-state index is 2.69. The van der Waals surface area contributed by atoms with Gasteiger partial charge in [0.15, 0.2) is 0 Å². The van der Waals surface area contributed by atoms with E-state index < -0.39 is 0 Å². The van der Waals surface area contributed by atoms with E-state index in [0.29, 0.717) is 0 Å². The highest BCUT2D eigenvalue weighted by atomic mass is 15.2. The second kappa shape index (κ2) is 15.3. The first-order chi connectivity index (χ1) is 32.8. The summed E-state index contributed by atoms with van der Waals surface area (Å²) in [5.41, 5.74) is 26.2. The van der Waals surface area contributed by atoms with Gasteiger partial charge in [-0.25, -0.2) is 0 Å². The van der Waals surface area contributed by atoms with Crippen LogP contribution in [0.3, 0.4) is 0 Å². The summed E-state index contributed by atoms with van der Waals surface area (Å²) in [6.07, 6.45) is 0. The molecule has 0 fully saturated rings. The molecule has 0 N–H and O–H groups in total. The Balaban J connectivity index is 1.25. The molecule has 9 aromatic carbocycles. The van der Waals surface area contributed by atoms with Crippen molar-refractivity contribution in [2.75, 3.05) is 9.71 Å². The SMILES string of the molecule is CC(C)(C)c1ccc(N2B3c4ccc5c(c4N(c4ccc(C(C)(C)C)cc4-c4ccccc4)c4cc(-c6ccccc6)cc(c43)-c3ccc(-c4ccccc4)cc32)-c2ccccc2C5(C)C)cc1. The van der Waals surface area contributed by atoms with Crippen LogP contribution in [0.5, 0.6) is 0 Å². The van der Waals surface area contributed by atoms with Crippen LogP contribution < -0.4 is 20.6 Å². The van der Waals surface area contributed by atoms with E-state index in [9.17, 15) is 0 Å². The molecule has 0 bridgehead atoms. The lowest BCUT2D eigenvalue weighted by Gasteiger charge is -2.47. The number of rotatable bonds is 5. The lowest BCUT2D eigenvalue weighted by atomic mass is 9.43. The average molecular weight is 877 g/mol. The van der Waals surface area contributed by atoms with Gasteiger partial charge in [0.25, 0.3) is 0 Å². The molecule has 3 aliphatic rings. The highest BCUT2D eigenvalue weighted by Gasteiger charge is 2.49. The molecular formula is C65H57BN2. The van der Waals surface area contributed by atoms with Crippen LogP contribution in [0.4, 0.5) is 28.4 Å². The molecule has 0 radical (unpaired) electrons. The number of hydrogen-bond donors (Lipinski definition) is 0. The van der Waals surface area contributed by atoms with Gasteiger partial charge in [-0.1, -0.05) is 213 Å². The Labute approximate surface area is 403 Å². The van der Waals surface area contributed by atoms with Crippen LogP contribution in [-0.4, -0.2) is 6.85 Å². The molecule has 0 amide bonds. The second-order valence-electron chi connectivity index (χ2n) is 21.8. The molecule has 2 aliphatic heterocycles. The average Bonchev–Trinajstić information content (AvgIpc) is 3.59. The van der Waals surface area contributed by atoms with Crippen molar-refractivity contribution in [2.24, 2.45) is 0 Å². The molecule has 2 heterocycles. The monoisotopic (exact) mass is 876 g/mol. The van der Waals surface area contributed by atoms with Gasteiger partial charge in [-0.05, 0) is 125 Å². The van der Waals surface area contributed by atoms with Crippen molar-refractivity contribution in [1.82, 2.24) is 0 Å². The minimum atomic E-state index is -0.200. The number of fused-ring (bicyclic) bond motifs is 8. The number of nitrogens with zero attached hydrogens (tertiary/aromatic N) is 2. The molecule has 0 aromatic heterocycles. The predicted octanol–water partition coefficient (Wildman–Crippen LogP) is 16.3. The van der Waals surface area contributed by atoms with Crippen molar-refractivity contribution in [2.45, 2.75) is 71.6 Å². The zero-order valence-corrected chi connectivity index (χ0v) is 40.5. The molecule has 0 unspecified atom stereocenters. The molecule has 3 heteroatoms. The van der Waals surface area contributed by atoms with Crippen LogP contribution in [0.15, 0.2) is 200 Å². The molecule has 330 valence electrons. The van der Waals surface area contributed by atoms with Gasteiger partial charge in [-0.3, -0.25) is 0 Å². The summed E-state index contributed by atoms with van der Waals surface area (Å²) in [5, 5.41) is 0. The summed E-state index contributed by atoms with van der Waals surface area (Å²) in [6, 6.07) is 76.0. The van der Waals surface area contributed by atoms with Crippen LogP contribution in [-0.2, 0) is 16.2 Å². The highest BCUT2D eigenvalue weighted by Crippen LogP contribution is 2.57. The first kappa shape index (κ1) is 42.0. The summed E-state index contributed by atoms with van der Waals surface area (Å²) >= 11 is 0. The minimum absolute atomic E-state index is 0.0180. The van der Waals surface area contributed by atoms with Gasteiger partial charge in [0.2, 0.25) is 0 Å². The zero-order chi connectivity index (χ0) is 46.7. The zero-order valence-electron chi connectivity index (χ0n) is 40.5. The Hall–Kier alpha value is -7.36. The topological polar surface area (TPSA) is 6.48 Å². The van der Waals surface area contributed by atoms with Crippen LogP contribution in [0, 0.1) is 0 Å². The number of anilines is 5. The summed E-state index contributed by atoms with van der Waals surface area (Å²) in [6.45, 7) is 18.6. The van der Waals surface area contributed by atoms with E-state index in [2.05, 4.69) is 265 Å². The van der Waals surface area contributed by atoms with Crippen LogP contribution in [0.1, 0.15) is 77.6 Å². The third-order valence-corrected chi connectivity index (χ3v) is 15.2. The van der Waals surface area contributed by atoms with Gasteiger partial charge in [0, 0.05) is 39.2 Å². The molecule has 9 aromatic rings. The van der Waals surface area contributed by atoms with Crippen molar-refractivity contribution in [3.63, 3.8) is 0 Å². The van der Waals surface area contributed by atoms with Crippen molar-refractivity contribution < 1.29 is 0 Å². The number of hydrogen-bond acceptors (Lipinski definition) is 2. The largest absolute Gasteiger partial charge is 0.376 e. The summed E-state index contributed by atoms with van der Waals surface area (Å²) in [5.74, 6) is 0. The smallest absolute Gasteiger partial charge is 0.333 e. The fourth-order valence-electron chi connectivity index (χ4n) is 11.5. The molecule has 0 saturated heterocycles. The van der Waals surface area contributed by atoms with Crippen molar-refractivity contribution in [1.29, 1.82) is 0 Å². The first-order valence-electron chi connectivity index (χ1n) is 24.4. The van der Waals surface area contributed by atoms with Crippen LogP contribution >= 0.6 is 0 Å². The Morgan fingerprint density at radius 2 is 0.985 bits per heavy atom. The predicted molar refractivity (Wildman–Crippen MR) is 291 cm³/mol. The van der Waals surface area contributed by atoms with Gasteiger partial charge in [0.1, 0.15) is 0 Å². The molecule has 12 rings (SSSR count). The Morgan fingerprint density at radius 1 is 0.397 bits per heavy atom. The van der Waals surface area contributed by atoms with E-state index in [1.165, 1.54) is 117 Å². The van der Waals surface area contributed by atoms with Crippen LogP contribution in [0.2, 0.25) is 0 Å². The van der Waals surface area contributed by atoms with Crippen molar-refractivity contribution in [3.8, 4) is 55.6 Å². The first-order valence-corrected chi connectivity index (χ1v) is 24.4. The fourth-order valence-corrected chi connectivity index (χ4v) is 11.5. The van der Waals surface area contributed by atoms with E-state index in [-0.39, 0.29) is 23.1 Å². The van der Waals surface area contributed by atoms with E-state index in [0.717, 1.165) is 0 Å². The summed E-state index contributed by atoms with van der Waals surface area (Å²) in [7, 11) is 0. The minimum Gasteiger partial charge on any atom is -0.376 e. The number of benzene rings is 9. The Morgan fingerprint density at radius 3 is 1.65 bits per heavy atom. The lowest BCUT2D eigenvalue weighted by molar-refractivity contribution is 0.590. The molecule has 0 atom stereocenters. The van der Waals surface area contributed by atoms with Crippen LogP contribution in [0.25, 0.3) is 55.6 Å². The summed E-state index contributed by atoms with van der Waals surface area (Å²) < 4.78 is 0. The highest BCUT2D eigenvalue weighted by molar-refractivity contribution is 6.93. The molecule has 0 saturated carbocycles. The maximum absolute atomic E-state index is 2.69. The third kappa shape index (κ3) is 6.54. The van der Waals surface area contributed by atoms with Crippen molar-refractivity contribution >= 4 is 46.2 Å². The van der Waals surface area contributed by atoms with Gasteiger partial charge in [0.05, 0.1) is 11.4 Å². The standard InChI is InChI=1S/C65H57BN2/c1-63(2,3)47-29-32-49(33-30-47)68-58-39-45(42-20-12-9-13-21-42)28-34-50(58)53-38-46(43-22-14-10-15-23-43)40-59-61(53)66(68)56-36-35-55-60(51-26-18-19-27-54(51)65(55,7)8)62(56)67(59)57-37-31-48(64(4,5)6)41-52(57)44-24-16-11-17-25-44/h9-41H,1-8H3. The summed E-state index contributed by atoms with van der Waals surface area (Å²) in [4.78, 5) is 5.37.